The maximum Gasteiger partial charge on any atom is 0.144 e. The van der Waals surface area contributed by atoms with E-state index >= 15 is 0 Å². The third kappa shape index (κ3) is 1.57. The number of nitrogens with zero attached hydrogens (tertiary/aromatic N) is 1. The molecule has 0 unspecified atom stereocenters. The Morgan fingerprint density at radius 2 is 2.14 bits per heavy atom. The van der Waals surface area contributed by atoms with Gasteiger partial charge < -0.3 is 10.3 Å². The lowest BCUT2D eigenvalue weighted by Gasteiger charge is -2.33. The van der Waals surface area contributed by atoms with E-state index in [-0.39, 0.29) is 5.41 Å². The van der Waals surface area contributed by atoms with Crippen LogP contribution in [0.3, 0.4) is 0 Å². The molecule has 78 valence electrons. The number of hydrogen-bond donors (Lipinski definition) is 1. The van der Waals surface area contributed by atoms with E-state index in [2.05, 4.69) is 5.16 Å². The van der Waals surface area contributed by atoms with Gasteiger partial charge in [-0.1, -0.05) is 24.4 Å². The molecule has 0 radical (unpaired) electrons. The molecule has 0 aromatic carbocycles. The smallest absolute Gasteiger partial charge is 0.144 e. The maximum atomic E-state index is 5.89. The van der Waals surface area contributed by atoms with Crippen molar-refractivity contribution < 1.29 is 4.52 Å². The van der Waals surface area contributed by atoms with Crippen molar-refractivity contribution in [2.45, 2.75) is 44.4 Å². The summed E-state index contributed by atoms with van der Waals surface area (Å²) in [5.74, 6) is 0.997. The summed E-state index contributed by atoms with van der Waals surface area (Å²) < 4.78 is 5.37. The predicted octanol–water partition coefficient (Wildman–Crippen LogP) is 2.14. The second-order valence-electron chi connectivity index (χ2n) is 4.38. The SMILES string of the molecule is Cc1cc(C2(CN)CCCCC2)on1. The molecule has 14 heavy (non-hydrogen) atoms. The summed E-state index contributed by atoms with van der Waals surface area (Å²) in [4.78, 5) is 0. The number of aryl methyl sites for hydroxylation is 1. The Morgan fingerprint density at radius 1 is 1.43 bits per heavy atom. The van der Waals surface area contributed by atoms with Crippen LogP contribution in [0.25, 0.3) is 0 Å². The Hall–Kier alpha value is -0.830. The first-order valence-electron chi connectivity index (χ1n) is 5.41. The van der Waals surface area contributed by atoms with E-state index in [1.165, 1.54) is 19.3 Å². The zero-order chi connectivity index (χ0) is 10.0. The highest BCUT2D eigenvalue weighted by Gasteiger charge is 2.35. The predicted molar refractivity (Wildman–Crippen MR) is 55.1 cm³/mol. The van der Waals surface area contributed by atoms with Crippen LogP contribution < -0.4 is 5.73 Å². The van der Waals surface area contributed by atoms with Gasteiger partial charge in [-0.3, -0.25) is 0 Å². The first-order chi connectivity index (χ1) is 6.77. The van der Waals surface area contributed by atoms with Gasteiger partial charge in [-0.2, -0.15) is 0 Å². The van der Waals surface area contributed by atoms with Gasteiger partial charge in [0.15, 0.2) is 0 Å². The van der Waals surface area contributed by atoms with Crippen LogP contribution in [0.5, 0.6) is 0 Å². The molecule has 1 heterocycles. The summed E-state index contributed by atoms with van der Waals surface area (Å²) in [5.41, 5.74) is 6.93. The topological polar surface area (TPSA) is 52.0 Å². The standard InChI is InChI=1S/C11H18N2O/c1-9-7-10(14-13-9)11(8-12)5-3-2-4-6-11/h7H,2-6,8,12H2,1H3. The minimum Gasteiger partial charge on any atom is -0.361 e. The maximum absolute atomic E-state index is 5.89. The van der Waals surface area contributed by atoms with Crippen LogP contribution in [0, 0.1) is 6.92 Å². The minimum absolute atomic E-state index is 0.0828. The highest BCUT2D eigenvalue weighted by atomic mass is 16.5. The van der Waals surface area contributed by atoms with E-state index in [1.54, 1.807) is 0 Å². The Bertz CT molecular complexity index is 300. The lowest BCUT2D eigenvalue weighted by molar-refractivity contribution is 0.227. The van der Waals surface area contributed by atoms with Gasteiger partial charge in [-0.25, -0.2) is 0 Å². The number of nitrogens with two attached hydrogens (primary N) is 1. The normalized spacial score (nSPS) is 21.0. The fourth-order valence-electron chi connectivity index (χ4n) is 2.39. The first-order valence-corrected chi connectivity index (χ1v) is 5.41. The van der Waals surface area contributed by atoms with Gasteiger partial charge >= 0.3 is 0 Å². The van der Waals surface area contributed by atoms with Crippen molar-refractivity contribution in [3.05, 3.63) is 17.5 Å². The fraction of sp³-hybridized carbons (Fsp3) is 0.727. The second kappa shape index (κ2) is 3.73. The van der Waals surface area contributed by atoms with E-state index < -0.39 is 0 Å². The van der Waals surface area contributed by atoms with Gasteiger partial charge in [0.1, 0.15) is 5.76 Å². The zero-order valence-electron chi connectivity index (χ0n) is 8.75. The van der Waals surface area contributed by atoms with Crippen LogP contribution in [0.4, 0.5) is 0 Å². The lowest BCUT2D eigenvalue weighted by atomic mass is 9.72. The van der Waals surface area contributed by atoms with Crippen molar-refractivity contribution in [3.63, 3.8) is 0 Å². The molecule has 1 aromatic heterocycles. The van der Waals surface area contributed by atoms with Crippen LogP contribution >= 0.6 is 0 Å². The molecule has 0 atom stereocenters. The Morgan fingerprint density at radius 3 is 2.64 bits per heavy atom. The second-order valence-corrected chi connectivity index (χ2v) is 4.38. The highest BCUT2D eigenvalue weighted by molar-refractivity contribution is 5.17. The van der Waals surface area contributed by atoms with Gasteiger partial charge in [-0.05, 0) is 19.8 Å². The number of hydrogen-bond acceptors (Lipinski definition) is 3. The molecule has 1 aromatic rings. The van der Waals surface area contributed by atoms with Crippen LogP contribution in [0.15, 0.2) is 10.6 Å². The van der Waals surface area contributed by atoms with Crippen LogP contribution in [0.2, 0.25) is 0 Å². The summed E-state index contributed by atoms with van der Waals surface area (Å²) in [5, 5.41) is 3.95. The first kappa shape index (κ1) is 9.71. The third-order valence-corrected chi connectivity index (χ3v) is 3.35. The summed E-state index contributed by atoms with van der Waals surface area (Å²) in [6, 6.07) is 2.04. The molecule has 2 rings (SSSR count). The van der Waals surface area contributed by atoms with E-state index in [0.717, 1.165) is 24.3 Å². The largest absolute Gasteiger partial charge is 0.361 e. The molecular formula is C11H18N2O. The summed E-state index contributed by atoms with van der Waals surface area (Å²) in [6.07, 6.45) is 6.15. The third-order valence-electron chi connectivity index (χ3n) is 3.35. The average Bonchev–Trinajstić information content (AvgIpc) is 2.66. The van der Waals surface area contributed by atoms with E-state index in [4.69, 9.17) is 10.3 Å². The zero-order valence-corrected chi connectivity index (χ0v) is 8.75. The van der Waals surface area contributed by atoms with Crippen LogP contribution in [-0.2, 0) is 5.41 Å². The van der Waals surface area contributed by atoms with Gasteiger partial charge in [0.2, 0.25) is 0 Å². The molecule has 0 aliphatic heterocycles. The quantitative estimate of drug-likeness (QED) is 0.784. The van der Waals surface area contributed by atoms with Gasteiger partial charge in [0.05, 0.1) is 5.69 Å². The van der Waals surface area contributed by atoms with Crippen LogP contribution in [-0.4, -0.2) is 11.7 Å². The Balaban J connectivity index is 2.26. The molecule has 1 saturated carbocycles. The molecule has 1 fully saturated rings. The molecule has 1 aliphatic carbocycles. The molecule has 0 spiro atoms. The van der Waals surface area contributed by atoms with Crippen molar-refractivity contribution in [1.82, 2.24) is 5.16 Å². The summed E-state index contributed by atoms with van der Waals surface area (Å²) >= 11 is 0. The van der Waals surface area contributed by atoms with E-state index in [9.17, 15) is 0 Å². The number of rotatable bonds is 2. The summed E-state index contributed by atoms with van der Waals surface area (Å²) in [6.45, 7) is 2.64. The van der Waals surface area contributed by atoms with Crippen molar-refractivity contribution in [3.8, 4) is 0 Å². The van der Waals surface area contributed by atoms with Crippen molar-refractivity contribution >= 4 is 0 Å². The average molecular weight is 194 g/mol. The van der Waals surface area contributed by atoms with Crippen molar-refractivity contribution in [2.24, 2.45) is 5.73 Å². The monoisotopic (exact) mass is 194 g/mol. The van der Waals surface area contributed by atoms with Crippen molar-refractivity contribution in [1.29, 1.82) is 0 Å². The highest BCUT2D eigenvalue weighted by Crippen LogP contribution is 2.38. The summed E-state index contributed by atoms with van der Waals surface area (Å²) in [7, 11) is 0. The Labute approximate surface area is 84.7 Å². The molecule has 0 amide bonds. The fourth-order valence-corrected chi connectivity index (χ4v) is 2.39. The van der Waals surface area contributed by atoms with Gasteiger partial charge in [-0.15, -0.1) is 0 Å². The number of aromatic nitrogens is 1. The van der Waals surface area contributed by atoms with E-state index in [0.29, 0.717) is 6.54 Å². The Kier molecular flexibility index (Phi) is 2.59. The molecule has 1 aliphatic rings. The lowest BCUT2D eigenvalue weighted by Crippen LogP contribution is -2.36. The van der Waals surface area contributed by atoms with Crippen LogP contribution in [0.1, 0.15) is 43.6 Å². The van der Waals surface area contributed by atoms with Gasteiger partial charge in [0, 0.05) is 18.0 Å². The molecule has 0 bridgehead atoms. The van der Waals surface area contributed by atoms with E-state index in [1.807, 2.05) is 13.0 Å². The van der Waals surface area contributed by atoms with Crippen molar-refractivity contribution in [2.75, 3.05) is 6.54 Å². The molecular weight excluding hydrogens is 176 g/mol. The van der Waals surface area contributed by atoms with Gasteiger partial charge in [0.25, 0.3) is 0 Å². The minimum atomic E-state index is 0.0828. The molecule has 3 heteroatoms. The molecule has 2 N–H and O–H groups in total. The molecule has 0 saturated heterocycles. The molecule has 3 nitrogen and oxygen atoms in total.